The molecule has 0 saturated carbocycles. The molecule has 0 spiro atoms. The number of aromatic amines is 1. The van der Waals surface area contributed by atoms with Crippen LogP contribution in [0, 0.1) is 0 Å². The van der Waals surface area contributed by atoms with E-state index in [1.807, 2.05) is 0 Å². The average Bonchev–Trinajstić information content (AvgIpc) is 3.20. The normalized spacial score (nSPS) is 13.9. The summed E-state index contributed by atoms with van der Waals surface area (Å²) < 4.78 is 0. The second-order valence-electron chi connectivity index (χ2n) is 6.40. The van der Waals surface area contributed by atoms with Crippen LogP contribution in [0.25, 0.3) is 0 Å². The number of H-pyrrole nitrogens is 1. The first-order valence-electron chi connectivity index (χ1n) is 8.75. The van der Waals surface area contributed by atoms with Crippen molar-refractivity contribution in [1.82, 2.24) is 20.6 Å². The molecule has 11 heteroatoms. The van der Waals surface area contributed by atoms with Gasteiger partial charge in [-0.25, -0.2) is 9.78 Å². The van der Waals surface area contributed by atoms with Gasteiger partial charge in [0, 0.05) is 24.7 Å². The van der Waals surface area contributed by atoms with Gasteiger partial charge in [0.05, 0.1) is 12.9 Å². The number of nitrogens with one attached hydrogen (secondary N) is 3. The summed E-state index contributed by atoms with van der Waals surface area (Å²) in [5.41, 5.74) is 6.61. The number of aromatic hydroxyl groups is 1. The number of carboxylic acid groups (broad SMARTS) is 1. The highest BCUT2D eigenvalue weighted by atomic mass is 16.4. The van der Waals surface area contributed by atoms with Gasteiger partial charge in [-0.1, -0.05) is 12.1 Å². The molecule has 8 N–H and O–H groups in total. The molecule has 0 aliphatic heterocycles. The zero-order chi connectivity index (χ0) is 21.4. The molecular weight excluding hydrogens is 382 g/mol. The van der Waals surface area contributed by atoms with E-state index in [1.165, 1.54) is 24.7 Å². The Morgan fingerprint density at radius 2 is 1.72 bits per heavy atom. The van der Waals surface area contributed by atoms with E-state index in [0.29, 0.717) is 11.3 Å². The van der Waals surface area contributed by atoms with Crippen molar-refractivity contribution >= 4 is 17.8 Å². The third kappa shape index (κ3) is 6.59. The van der Waals surface area contributed by atoms with E-state index >= 15 is 0 Å². The minimum atomic E-state index is -1.26. The number of nitrogens with two attached hydrogens (primary N) is 1. The van der Waals surface area contributed by atoms with E-state index in [9.17, 15) is 24.6 Å². The highest BCUT2D eigenvalue weighted by molar-refractivity contribution is 5.92. The molecule has 1 aromatic heterocycles. The first-order chi connectivity index (χ1) is 13.8. The van der Waals surface area contributed by atoms with Crippen LogP contribution in [0.2, 0.25) is 0 Å². The monoisotopic (exact) mass is 405 g/mol. The Kier molecular flexibility index (Phi) is 7.69. The van der Waals surface area contributed by atoms with E-state index < -0.39 is 42.5 Å². The molecule has 2 aromatic rings. The Labute approximate surface area is 166 Å². The number of aliphatic hydroxyl groups is 1. The minimum absolute atomic E-state index is 0.0202. The van der Waals surface area contributed by atoms with Crippen LogP contribution in [-0.4, -0.2) is 67.8 Å². The van der Waals surface area contributed by atoms with Crippen molar-refractivity contribution in [2.45, 2.75) is 31.0 Å². The lowest BCUT2D eigenvalue weighted by Crippen LogP contribution is -2.56. The zero-order valence-corrected chi connectivity index (χ0v) is 15.4. The molecule has 0 saturated heterocycles. The molecule has 156 valence electrons. The summed E-state index contributed by atoms with van der Waals surface area (Å²) in [7, 11) is 0. The average molecular weight is 405 g/mol. The number of phenolic OH excluding ortho intramolecular Hbond substituents is 1. The zero-order valence-electron chi connectivity index (χ0n) is 15.4. The van der Waals surface area contributed by atoms with E-state index in [-0.39, 0.29) is 18.6 Å². The molecule has 0 unspecified atom stereocenters. The van der Waals surface area contributed by atoms with Crippen LogP contribution >= 0.6 is 0 Å². The van der Waals surface area contributed by atoms with E-state index in [0.717, 1.165) is 0 Å². The second-order valence-corrected chi connectivity index (χ2v) is 6.40. The molecule has 0 fully saturated rings. The third-order valence-corrected chi connectivity index (χ3v) is 4.14. The van der Waals surface area contributed by atoms with Gasteiger partial charge in [0.2, 0.25) is 11.8 Å². The molecule has 29 heavy (non-hydrogen) atoms. The van der Waals surface area contributed by atoms with Crippen LogP contribution in [-0.2, 0) is 27.2 Å². The summed E-state index contributed by atoms with van der Waals surface area (Å²) in [5.74, 6) is -2.71. The third-order valence-electron chi connectivity index (χ3n) is 4.14. The molecular formula is C18H23N5O6. The van der Waals surface area contributed by atoms with Crippen LogP contribution in [0.15, 0.2) is 36.8 Å². The van der Waals surface area contributed by atoms with Crippen molar-refractivity contribution in [2.24, 2.45) is 5.73 Å². The molecule has 1 heterocycles. The van der Waals surface area contributed by atoms with Gasteiger partial charge in [-0.05, 0) is 17.7 Å². The van der Waals surface area contributed by atoms with Crippen molar-refractivity contribution in [3.05, 3.63) is 48.0 Å². The number of amides is 2. The van der Waals surface area contributed by atoms with Crippen LogP contribution in [0.3, 0.4) is 0 Å². The highest BCUT2D eigenvalue weighted by Gasteiger charge is 2.28. The second kappa shape index (κ2) is 10.2. The Hall–Kier alpha value is -3.44. The van der Waals surface area contributed by atoms with Crippen LogP contribution < -0.4 is 16.4 Å². The van der Waals surface area contributed by atoms with Gasteiger partial charge in [-0.15, -0.1) is 0 Å². The molecule has 1 aromatic carbocycles. The maximum atomic E-state index is 12.7. The van der Waals surface area contributed by atoms with E-state index in [4.69, 9.17) is 10.8 Å². The molecule has 2 rings (SSSR count). The summed E-state index contributed by atoms with van der Waals surface area (Å²) in [6, 6.07) is 2.33. The van der Waals surface area contributed by atoms with Gasteiger partial charge >= 0.3 is 5.97 Å². The summed E-state index contributed by atoms with van der Waals surface area (Å²) >= 11 is 0. The standard InChI is InChI=1S/C18H23N5O6/c19-13(8-24)16(26)22-14(5-10-1-3-12(25)4-2-10)17(27)23-15(18(28)29)6-11-7-20-9-21-11/h1-4,7,9,13-15,24-25H,5-6,8,19H2,(H,20,21)(H,22,26)(H,23,27)(H,28,29)/t13-,14-,15-/m0/s1. The number of hydrogen-bond acceptors (Lipinski definition) is 7. The highest BCUT2D eigenvalue weighted by Crippen LogP contribution is 2.12. The molecule has 3 atom stereocenters. The van der Waals surface area contributed by atoms with Crippen molar-refractivity contribution < 1.29 is 29.7 Å². The number of carboxylic acids is 1. The molecule has 0 radical (unpaired) electrons. The number of rotatable bonds is 10. The van der Waals surface area contributed by atoms with Crippen molar-refractivity contribution in [3.63, 3.8) is 0 Å². The lowest BCUT2D eigenvalue weighted by atomic mass is 10.0. The molecule has 0 aliphatic rings. The lowest BCUT2D eigenvalue weighted by molar-refractivity contribution is -0.142. The van der Waals surface area contributed by atoms with Crippen LogP contribution in [0.1, 0.15) is 11.3 Å². The fraction of sp³-hybridized carbons (Fsp3) is 0.333. The Balaban J connectivity index is 2.15. The summed E-state index contributed by atoms with van der Waals surface area (Å²) in [6.45, 7) is -0.614. The number of carbonyl (C=O) groups is 3. The van der Waals surface area contributed by atoms with E-state index in [1.54, 1.807) is 12.1 Å². The first kappa shape index (κ1) is 21.9. The van der Waals surface area contributed by atoms with Gasteiger partial charge in [0.15, 0.2) is 0 Å². The summed E-state index contributed by atoms with van der Waals surface area (Å²) in [5, 5.41) is 32.7. The van der Waals surface area contributed by atoms with Crippen molar-refractivity contribution in [2.75, 3.05) is 6.61 Å². The Morgan fingerprint density at radius 1 is 1.07 bits per heavy atom. The quantitative estimate of drug-likeness (QED) is 0.242. The number of phenols is 1. The van der Waals surface area contributed by atoms with Crippen molar-refractivity contribution in [3.8, 4) is 5.75 Å². The van der Waals surface area contributed by atoms with Crippen LogP contribution in [0.5, 0.6) is 5.75 Å². The molecule has 2 amide bonds. The summed E-state index contributed by atoms with van der Waals surface area (Å²) in [4.78, 5) is 42.9. The van der Waals surface area contributed by atoms with Crippen molar-refractivity contribution in [1.29, 1.82) is 0 Å². The fourth-order valence-corrected chi connectivity index (χ4v) is 2.53. The molecule has 11 nitrogen and oxygen atoms in total. The maximum Gasteiger partial charge on any atom is 0.326 e. The SMILES string of the molecule is N[C@@H](CO)C(=O)N[C@@H](Cc1ccc(O)cc1)C(=O)N[C@@H](Cc1cnc[nH]1)C(=O)O. The lowest BCUT2D eigenvalue weighted by Gasteiger charge is -2.22. The van der Waals surface area contributed by atoms with Gasteiger partial charge in [0.1, 0.15) is 23.9 Å². The molecule has 0 aliphatic carbocycles. The topological polar surface area (TPSA) is 191 Å². The number of imidazole rings is 1. The number of nitrogens with zero attached hydrogens (tertiary/aromatic N) is 1. The number of hydrogen-bond donors (Lipinski definition) is 7. The van der Waals surface area contributed by atoms with Gasteiger partial charge in [-0.3, -0.25) is 9.59 Å². The first-order valence-corrected chi connectivity index (χ1v) is 8.75. The Bertz CT molecular complexity index is 824. The Morgan fingerprint density at radius 3 is 2.28 bits per heavy atom. The fourth-order valence-electron chi connectivity index (χ4n) is 2.53. The van der Waals surface area contributed by atoms with Crippen LogP contribution in [0.4, 0.5) is 0 Å². The predicted octanol–water partition coefficient (Wildman–Crippen LogP) is -1.73. The number of aromatic nitrogens is 2. The van der Waals surface area contributed by atoms with Gasteiger partial charge in [-0.2, -0.15) is 0 Å². The largest absolute Gasteiger partial charge is 0.508 e. The molecule has 0 bridgehead atoms. The smallest absolute Gasteiger partial charge is 0.326 e. The number of aliphatic hydroxyl groups excluding tert-OH is 1. The minimum Gasteiger partial charge on any atom is -0.508 e. The van der Waals surface area contributed by atoms with E-state index in [2.05, 4.69) is 20.6 Å². The number of benzene rings is 1. The van der Waals surface area contributed by atoms with Gasteiger partial charge in [0.25, 0.3) is 0 Å². The number of carbonyl (C=O) groups excluding carboxylic acids is 2. The predicted molar refractivity (Wildman–Crippen MR) is 101 cm³/mol. The number of aliphatic carboxylic acids is 1. The maximum absolute atomic E-state index is 12.7. The summed E-state index contributed by atoms with van der Waals surface area (Å²) in [6.07, 6.45) is 2.82. The van der Waals surface area contributed by atoms with Gasteiger partial charge < -0.3 is 36.7 Å².